The first-order chi connectivity index (χ1) is 13.0. The van der Waals surface area contributed by atoms with Gasteiger partial charge in [0.15, 0.2) is 5.78 Å². The predicted octanol–water partition coefficient (Wildman–Crippen LogP) is 2.54. The number of amides is 1. The SMILES string of the molecule is COCC1(C(=O)N2CCN(c3ccc(C(C)=O)cc3F)CC2)CCNCC1.Cl.Cl. The Bertz CT molecular complexity index is 701. The van der Waals surface area contributed by atoms with E-state index in [0.717, 1.165) is 25.9 Å². The molecule has 3 rings (SSSR count). The van der Waals surface area contributed by atoms with Crippen LogP contribution in [-0.4, -0.2) is 69.6 Å². The molecule has 0 aliphatic carbocycles. The second kappa shape index (κ2) is 11.1. The van der Waals surface area contributed by atoms with Gasteiger partial charge in [-0.05, 0) is 51.1 Å². The first-order valence-corrected chi connectivity index (χ1v) is 9.51. The molecule has 0 spiro atoms. The molecule has 9 heteroatoms. The van der Waals surface area contributed by atoms with Crippen molar-refractivity contribution in [1.82, 2.24) is 10.2 Å². The monoisotopic (exact) mass is 449 g/mol. The van der Waals surface area contributed by atoms with Crippen molar-refractivity contribution < 1.29 is 18.7 Å². The summed E-state index contributed by atoms with van der Waals surface area (Å²) in [5.41, 5.74) is 0.411. The Morgan fingerprint density at radius 3 is 2.28 bits per heavy atom. The highest BCUT2D eigenvalue weighted by Crippen LogP contribution is 2.32. The minimum Gasteiger partial charge on any atom is -0.384 e. The zero-order valence-corrected chi connectivity index (χ0v) is 18.5. The molecule has 0 radical (unpaired) electrons. The molecule has 0 saturated carbocycles. The van der Waals surface area contributed by atoms with Gasteiger partial charge in [-0.15, -0.1) is 24.8 Å². The maximum Gasteiger partial charge on any atom is 0.231 e. The fourth-order valence-electron chi connectivity index (χ4n) is 4.07. The molecule has 0 bridgehead atoms. The molecular formula is C20H30Cl2FN3O3. The fourth-order valence-corrected chi connectivity index (χ4v) is 4.07. The number of Topliss-reactive ketones (excluding diaryl/α,β-unsaturated/α-hetero) is 1. The molecule has 1 N–H and O–H groups in total. The van der Waals surface area contributed by atoms with Crippen LogP contribution in [0.5, 0.6) is 0 Å². The highest BCUT2D eigenvalue weighted by molar-refractivity contribution is 5.94. The summed E-state index contributed by atoms with van der Waals surface area (Å²) in [6, 6.07) is 4.60. The molecule has 1 amide bonds. The number of carbonyl (C=O) groups is 2. The van der Waals surface area contributed by atoms with Crippen LogP contribution in [0.25, 0.3) is 0 Å². The number of nitrogens with one attached hydrogen (secondary N) is 1. The Labute approximate surface area is 184 Å². The van der Waals surface area contributed by atoms with Crippen LogP contribution in [0.1, 0.15) is 30.1 Å². The van der Waals surface area contributed by atoms with Crippen LogP contribution in [0, 0.1) is 11.2 Å². The summed E-state index contributed by atoms with van der Waals surface area (Å²) >= 11 is 0. The lowest BCUT2D eigenvalue weighted by Crippen LogP contribution is -2.56. The third kappa shape index (κ3) is 5.60. The lowest BCUT2D eigenvalue weighted by atomic mass is 9.78. The van der Waals surface area contributed by atoms with E-state index in [9.17, 15) is 14.0 Å². The summed E-state index contributed by atoms with van der Waals surface area (Å²) in [6.07, 6.45) is 1.56. The molecule has 0 atom stereocenters. The predicted molar refractivity (Wildman–Crippen MR) is 116 cm³/mol. The summed E-state index contributed by atoms with van der Waals surface area (Å²) in [6.45, 7) is 5.78. The molecule has 2 saturated heterocycles. The van der Waals surface area contributed by atoms with E-state index in [-0.39, 0.29) is 36.5 Å². The van der Waals surface area contributed by atoms with E-state index in [0.29, 0.717) is 44.0 Å². The van der Waals surface area contributed by atoms with Crippen LogP contribution in [0.4, 0.5) is 10.1 Å². The first-order valence-electron chi connectivity index (χ1n) is 9.51. The summed E-state index contributed by atoms with van der Waals surface area (Å²) in [4.78, 5) is 28.4. The Kier molecular flexibility index (Phi) is 9.82. The molecular weight excluding hydrogens is 420 g/mol. The lowest BCUT2D eigenvalue weighted by molar-refractivity contribution is -0.147. The standard InChI is InChI=1S/C20H28FN3O3.2ClH/c1-15(25)16-3-4-18(17(21)13-16)23-9-11-24(12-10-23)19(26)20(14-27-2)5-7-22-8-6-20;;/h3-4,13,22H,5-12,14H2,1-2H3;2*1H. The van der Waals surface area contributed by atoms with Gasteiger partial charge < -0.3 is 19.9 Å². The van der Waals surface area contributed by atoms with E-state index >= 15 is 0 Å². The lowest BCUT2D eigenvalue weighted by Gasteiger charge is -2.43. The summed E-state index contributed by atoms with van der Waals surface area (Å²) in [5, 5.41) is 3.30. The molecule has 2 aliphatic heterocycles. The third-order valence-electron chi connectivity index (χ3n) is 5.70. The van der Waals surface area contributed by atoms with Crippen molar-refractivity contribution in [1.29, 1.82) is 0 Å². The zero-order chi connectivity index (χ0) is 19.4. The van der Waals surface area contributed by atoms with Gasteiger partial charge in [0.25, 0.3) is 0 Å². The number of piperidine rings is 1. The van der Waals surface area contributed by atoms with Crippen LogP contribution in [-0.2, 0) is 9.53 Å². The van der Waals surface area contributed by atoms with Crippen molar-refractivity contribution in [2.24, 2.45) is 5.41 Å². The second-order valence-electron chi connectivity index (χ2n) is 7.46. The molecule has 2 heterocycles. The average molecular weight is 450 g/mol. The molecule has 0 unspecified atom stereocenters. The van der Waals surface area contributed by atoms with Gasteiger partial charge in [0, 0.05) is 38.9 Å². The number of benzene rings is 1. The number of hydrogen-bond acceptors (Lipinski definition) is 5. The molecule has 6 nitrogen and oxygen atoms in total. The van der Waals surface area contributed by atoms with Gasteiger partial charge in [0.2, 0.25) is 5.91 Å². The van der Waals surface area contributed by atoms with Crippen LogP contribution >= 0.6 is 24.8 Å². The van der Waals surface area contributed by atoms with Crippen LogP contribution in [0.2, 0.25) is 0 Å². The number of nitrogens with zero attached hydrogens (tertiary/aromatic N) is 2. The van der Waals surface area contributed by atoms with Crippen LogP contribution in [0.3, 0.4) is 0 Å². The highest BCUT2D eigenvalue weighted by atomic mass is 35.5. The molecule has 29 heavy (non-hydrogen) atoms. The Morgan fingerprint density at radius 2 is 1.76 bits per heavy atom. The fraction of sp³-hybridized carbons (Fsp3) is 0.600. The minimum atomic E-state index is -0.448. The number of halogens is 3. The molecule has 164 valence electrons. The van der Waals surface area contributed by atoms with Crippen molar-refractivity contribution in [3.63, 3.8) is 0 Å². The minimum absolute atomic E-state index is 0. The third-order valence-corrected chi connectivity index (χ3v) is 5.70. The highest BCUT2D eigenvalue weighted by Gasteiger charge is 2.42. The van der Waals surface area contributed by atoms with E-state index < -0.39 is 11.2 Å². The van der Waals surface area contributed by atoms with Gasteiger partial charge in [-0.25, -0.2) is 4.39 Å². The Balaban J connectivity index is 0.00000210. The van der Waals surface area contributed by atoms with Gasteiger partial charge in [-0.3, -0.25) is 9.59 Å². The van der Waals surface area contributed by atoms with E-state index in [4.69, 9.17) is 4.74 Å². The quantitative estimate of drug-likeness (QED) is 0.699. The second-order valence-corrected chi connectivity index (χ2v) is 7.46. The number of rotatable bonds is 5. The molecule has 1 aromatic carbocycles. The number of ether oxygens (including phenoxy) is 1. The maximum atomic E-state index is 14.4. The zero-order valence-electron chi connectivity index (χ0n) is 16.9. The molecule has 0 aromatic heterocycles. The van der Waals surface area contributed by atoms with Gasteiger partial charge in [-0.2, -0.15) is 0 Å². The average Bonchev–Trinajstić information content (AvgIpc) is 2.68. The van der Waals surface area contributed by atoms with E-state index in [1.165, 1.54) is 13.0 Å². The molecule has 2 aliphatic rings. The van der Waals surface area contributed by atoms with Crippen LogP contribution < -0.4 is 10.2 Å². The summed E-state index contributed by atoms with van der Waals surface area (Å²) in [7, 11) is 1.64. The van der Waals surface area contributed by atoms with Crippen molar-refractivity contribution in [2.75, 3.05) is 57.9 Å². The Morgan fingerprint density at radius 1 is 1.14 bits per heavy atom. The van der Waals surface area contributed by atoms with Crippen molar-refractivity contribution in [3.8, 4) is 0 Å². The van der Waals surface area contributed by atoms with Crippen LogP contribution in [0.15, 0.2) is 18.2 Å². The van der Waals surface area contributed by atoms with E-state index in [2.05, 4.69) is 5.32 Å². The number of piperazine rings is 1. The number of anilines is 1. The molecule has 2 fully saturated rings. The summed E-state index contributed by atoms with van der Waals surface area (Å²) in [5.74, 6) is -0.393. The van der Waals surface area contributed by atoms with Gasteiger partial charge in [-0.1, -0.05) is 0 Å². The summed E-state index contributed by atoms with van der Waals surface area (Å²) < 4.78 is 19.8. The largest absolute Gasteiger partial charge is 0.384 e. The topological polar surface area (TPSA) is 61.9 Å². The van der Waals surface area contributed by atoms with E-state index in [1.54, 1.807) is 19.2 Å². The number of ketones is 1. The smallest absolute Gasteiger partial charge is 0.231 e. The van der Waals surface area contributed by atoms with Gasteiger partial charge >= 0.3 is 0 Å². The van der Waals surface area contributed by atoms with Crippen molar-refractivity contribution in [3.05, 3.63) is 29.6 Å². The number of methoxy groups -OCH3 is 1. The first kappa shape index (κ1) is 25.6. The van der Waals surface area contributed by atoms with E-state index in [1.807, 2.05) is 9.80 Å². The van der Waals surface area contributed by atoms with Gasteiger partial charge in [0.05, 0.1) is 17.7 Å². The van der Waals surface area contributed by atoms with Crippen molar-refractivity contribution in [2.45, 2.75) is 19.8 Å². The Hall–Kier alpha value is -1.41. The van der Waals surface area contributed by atoms with Crippen molar-refractivity contribution >= 4 is 42.2 Å². The number of carbonyl (C=O) groups excluding carboxylic acids is 2. The number of hydrogen-bond donors (Lipinski definition) is 1. The molecule has 1 aromatic rings. The maximum absolute atomic E-state index is 14.4. The normalized spacial score (nSPS) is 18.4. The van der Waals surface area contributed by atoms with Gasteiger partial charge in [0.1, 0.15) is 5.82 Å².